The van der Waals surface area contributed by atoms with Gasteiger partial charge in [0.2, 0.25) is 0 Å². The minimum Gasteiger partial charge on any atom is -0.484 e. The van der Waals surface area contributed by atoms with E-state index in [1.807, 2.05) is 4.72 Å². The number of alkyl halides is 2. The number of sulfonamides is 1. The van der Waals surface area contributed by atoms with Crippen LogP contribution in [-0.2, 0) is 27.9 Å². The van der Waals surface area contributed by atoms with Crippen LogP contribution in [0.25, 0.3) is 11.3 Å². The van der Waals surface area contributed by atoms with Gasteiger partial charge in [-0.1, -0.05) is 18.2 Å². The Bertz CT molecular complexity index is 1670. The maximum Gasteiger partial charge on any atom is 0.355 e. The van der Waals surface area contributed by atoms with Gasteiger partial charge in [0, 0.05) is 11.6 Å². The second kappa shape index (κ2) is 11.1. The number of nitrogens with two attached hydrogens (primary N) is 1. The molecule has 12 nitrogen and oxygen atoms in total. The van der Waals surface area contributed by atoms with E-state index in [1.165, 1.54) is 42.5 Å². The first-order chi connectivity index (χ1) is 19.5. The zero-order valence-corrected chi connectivity index (χ0v) is 22.2. The van der Waals surface area contributed by atoms with Crippen molar-refractivity contribution in [1.82, 2.24) is 20.0 Å². The lowest BCUT2D eigenvalue weighted by atomic mass is 10.1. The summed E-state index contributed by atoms with van der Waals surface area (Å²) in [5.41, 5.74) is 7.14. The lowest BCUT2D eigenvalue weighted by molar-refractivity contribution is 0.0801. The highest BCUT2D eigenvalue weighted by molar-refractivity contribution is 7.93. The van der Waals surface area contributed by atoms with Crippen molar-refractivity contribution in [1.29, 1.82) is 0 Å². The maximum atomic E-state index is 13.4. The van der Waals surface area contributed by atoms with Crippen LogP contribution in [0.15, 0.2) is 48.5 Å². The third kappa shape index (κ3) is 5.97. The van der Waals surface area contributed by atoms with Crippen molar-refractivity contribution in [2.75, 3.05) is 16.6 Å². The number of aromatic nitrogens is 4. The third-order valence-corrected chi connectivity index (χ3v) is 7.19. The molecule has 1 aliphatic heterocycles. The van der Waals surface area contributed by atoms with E-state index in [4.69, 9.17) is 15.2 Å². The Morgan fingerprint density at radius 2 is 1.95 bits per heavy atom. The van der Waals surface area contributed by atoms with E-state index in [0.29, 0.717) is 31.1 Å². The van der Waals surface area contributed by atoms with Crippen LogP contribution in [0, 0.1) is 5.82 Å². The molecule has 0 spiro atoms. The quantitative estimate of drug-likeness (QED) is 0.216. The highest BCUT2D eigenvalue weighted by Gasteiger charge is 2.27. The summed E-state index contributed by atoms with van der Waals surface area (Å²) in [6.45, 7) is 3.06. The van der Waals surface area contributed by atoms with E-state index in [9.17, 15) is 26.4 Å². The summed E-state index contributed by atoms with van der Waals surface area (Å²) in [7, 11) is -5.05. The molecule has 0 radical (unpaired) electrons. The standard InChI is InChI=1S/C25H24F3N7O5S/c1-13(14-2-5-16(26)6-3-14)40-19-10-15(4-7-18(19)34-41(37,38)25(27)28)22-21(23(29)36)24(32-31-22)30-20-11-17-12-39-9-8-35(17)33-20/h2-7,10-11,13,25,34H,8-9,12H2,1H3,(H2,29,36)(H2,30,31,32,33). The van der Waals surface area contributed by atoms with Gasteiger partial charge in [-0.25, -0.2) is 12.8 Å². The van der Waals surface area contributed by atoms with Gasteiger partial charge in [0.15, 0.2) is 11.6 Å². The number of amides is 1. The number of benzene rings is 2. The van der Waals surface area contributed by atoms with Crippen LogP contribution in [0.3, 0.4) is 0 Å². The number of primary amides is 1. The Morgan fingerprint density at radius 1 is 1.20 bits per heavy atom. The molecule has 2 aromatic heterocycles. The number of hydrogen-bond donors (Lipinski definition) is 4. The van der Waals surface area contributed by atoms with E-state index < -0.39 is 33.6 Å². The Morgan fingerprint density at radius 3 is 2.63 bits per heavy atom. The number of halogens is 3. The van der Waals surface area contributed by atoms with Crippen molar-refractivity contribution in [3.8, 4) is 17.0 Å². The normalized spacial score (nSPS) is 14.0. The number of rotatable bonds is 10. The number of nitrogens with zero attached hydrogens (tertiary/aromatic N) is 3. The smallest absolute Gasteiger partial charge is 0.355 e. The largest absolute Gasteiger partial charge is 0.484 e. The number of hydrogen-bond acceptors (Lipinski definition) is 8. The van der Waals surface area contributed by atoms with Gasteiger partial charge < -0.3 is 20.5 Å². The van der Waals surface area contributed by atoms with Crippen molar-refractivity contribution in [3.05, 3.63) is 71.2 Å². The first-order valence-corrected chi connectivity index (χ1v) is 13.7. The van der Waals surface area contributed by atoms with Crippen molar-refractivity contribution in [2.45, 2.75) is 31.9 Å². The fraction of sp³-hybridized carbons (Fsp3) is 0.240. The number of carbonyl (C=O) groups is 1. The number of aromatic amines is 1. The monoisotopic (exact) mass is 591 g/mol. The first kappa shape index (κ1) is 28.0. The Hall–Kier alpha value is -4.57. The molecule has 16 heteroatoms. The van der Waals surface area contributed by atoms with Gasteiger partial charge in [-0.2, -0.15) is 19.0 Å². The molecule has 1 amide bonds. The Labute approximate surface area is 231 Å². The van der Waals surface area contributed by atoms with Crippen LogP contribution < -0.4 is 20.5 Å². The van der Waals surface area contributed by atoms with Crippen LogP contribution in [0.5, 0.6) is 5.75 Å². The summed E-state index contributed by atoms with van der Waals surface area (Å²) in [4.78, 5) is 12.5. The van der Waals surface area contributed by atoms with Crippen molar-refractivity contribution in [2.24, 2.45) is 5.73 Å². The van der Waals surface area contributed by atoms with Gasteiger partial charge >= 0.3 is 5.76 Å². The van der Waals surface area contributed by atoms with Gasteiger partial charge in [-0.3, -0.25) is 19.3 Å². The second-order valence-corrected chi connectivity index (χ2v) is 10.7. The molecule has 5 N–H and O–H groups in total. The molecule has 5 rings (SSSR count). The number of anilines is 3. The van der Waals surface area contributed by atoms with Gasteiger partial charge in [0.25, 0.3) is 15.9 Å². The average Bonchev–Trinajstić information content (AvgIpc) is 3.53. The first-order valence-electron chi connectivity index (χ1n) is 12.2. The zero-order chi connectivity index (χ0) is 29.3. The topological polar surface area (TPSA) is 166 Å². The SMILES string of the molecule is CC(Oc1cc(-c2[nH]nc(Nc3cc4n(n3)CCOC4)c2C(N)=O)ccc1NS(=O)(=O)C(F)F)c1ccc(F)cc1. The molecular weight excluding hydrogens is 567 g/mol. The summed E-state index contributed by atoms with van der Waals surface area (Å²) >= 11 is 0. The molecule has 216 valence electrons. The van der Waals surface area contributed by atoms with Crippen LogP contribution in [0.2, 0.25) is 0 Å². The van der Waals surface area contributed by atoms with Crippen molar-refractivity contribution >= 4 is 33.3 Å². The van der Waals surface area contributed by atoms with Crippen molar-refractivity contribution in [3.63, 3.8) is 0 Å². The van der Waals surface area contributed by atoms with Crippen LogP contribution in [-0.4, -0.2) is 46.7 Å². The van der Waals surface area contributed by atoms with Gasteiger partial charge in [-0.15, -0.1) is 0 Å². The molecular formula is C25H24F3N7O5S. The molecule has 4 aromatic rings. The van der Waals surface area contributed by atoms with E-state index in [2.05, 4.69) is 20.6 Å². The summed E-state index contributed by atoms with van der Waals surface area (Å²) in [6.07, 6.45) is -0.758. The van der Waals surface area contributed by atoms with Crippen LogP contribution in [0.4, 0.5) is 30.5 Å². The second-order valence-electron chi connectivity index (χ2n) is 9.04. The molecule has 41 heavy (non-hydrogen) atoms. The molecule has 0 aliphatic carbocycles. The van der Waals surface area contributed by atoms with E-state index in [0.717, 1.165) is 5.69 Å². The molecule has 3 heterocycles. The zero-order valence-electron chi connectivity index (χ0n) is 21.4. The maximum absolute atomic E-state index is 13.4. The summed E-state index contributed by atoms with van der Waals surface area (Å²) < 4.78 is 78.4. The summed E-state index contributed by atoms with van der Waals surface area (Å²) in [5.74, 6) is -4.68. The molecule has 1 unspecified atom stereocenters. The van der Waals surface area contributed by atoms with Gasteiger partial charge in [-0.05, 0) is 36.8 Å². The fourth-order valence-corrected chi connectivity index (χ4v) is 4.77. The lowest BCUT2D eigenvalue weighted by Crippen LogP contribution is -2.21. The molecule has 0 saturated heterocycles. The molecule has 0 saturated carbocycles. The minimum atomic E-state index is -5.05. The number of fused-ring (bicyclic) bond motifs is 1. The Kier molecular flexibility index (Phi) is 7.59. The minimum absolute atomic E-state index is 0.0364. The molecule has 1 aliphatic rings. The van der Waals surface area contributed by atoms with Gasteiger partial charge in [0.1, 0.15) is 23.2 Å². The summed E-state index contributed by atoms with van der Waals surface area (Å²) in [6, 6.07) is 11.0. The highest BCUT2D eigenvalue weighted by atomic mass is 32.2. The van der Waals surface area contributed by atoms with Gasteiger partial charge in [0.05, 0.1) is 36.8 Å². The van der Waals surface area contributed by atoms with Crippen LogP contribution >= 0.6 is 0 Å². The molecule has 1 atom stereocenters. The number of carbonyl (C=O) groups excluding carboxylic acids is 1. The van der Waals surface area contributed by atoms with E-state index >= 15 is 0 Å². The van der Waals surface area contributed by atoms with E-state index in [1.54, 1.807) is 17.7 Å². The predicted octanol–water partition coefficient (Wildman–Crippen LogP) is 3.89. The summed E-state index contributed by atoms with van der Waals surface area (Å²) in [5, 5.41) is 14.3. The highest BCUT2D eigenvalue weighted by Crippen LogP contribution is 2.37. The van der Waals surface area contributed by atoms with E-state index in [-0.39, 0.29) is 34.1 Å². The number of nitrogens with one attached hydrogen (secondary N) is 3. The number of ether oxygens (including phenoxy) is 2. The predicted molar refractivity (Wildman–Crippen MR) is 142 cm³/mol. The number of H-pyrrole nitrogens is 1. The molecule has 2 aromatic carbocycles. The fourth-order valence-electron chi connectivity index (χ4n) is 4.21. The molecule has 0 bridgehead atoms. The third-order valence-electron chi connectivity index (χ3n) is 6.22. The average molecular weight is 592 g/mol. The van der Waals surface area contributed by atoms with Crippen molar-refractivity contribution < 1.29 is 35.9 Å². The molecule has 0 fully saturated rings. The lowest BCUT2D eigenvalue weighted by Gasteiger charge is -2.19. The van der Waals surface area contributed by atoms with Crippen LogP contribution in [0.1, 0.15) is 34.6 Å². The Balaban J connectivity index is 1.51.